The monoisotopic (exact) mass is 415 g/mol. The summed E-state index contributed by atoms with van der Waals surface area (Å²) in [5, 5.41) is 0. The lowest BCUT2D eigenvalue weighted by Crippen LogP contribution is -2.63. The molecule has 0 atom stereocenters. The lowest BCUT2D eigenvalue weighted by molar-refractivity contribution is 0.0963. The number of hydrogen-bond donors (Lipinski definition) is 1. The standard InChI is InChI=1S/C23H25N7O/c1-28-6-8-29(9-7-28)17-13-30(14-17)16-11-20-19(25-12-16)4-3-18(26-20)15-2-5-22-21(10-15)27-23(24)31-22/h2-5,10-12,17H,6-9,13-14H2,1H3,(H2,24,27). The Hall–Kier alpha value is -3.23. The number of pyridine rings is 2. The van der Waals surface area contributed by atoms with E-state index in [2.05, 4.69) is 37.8 Å². The number of rotatable bonds is 3. The number of oxazole rings is 1. The molecule has 3 aromatic heterocycles. The van der Waals surface area contributed by atoms with Gasteiger partial charge in [0.05, 0.1) is 28.6 Å². The van der Waals surface area contributed by atoms with Crippen molar-refractivity contribution in [1.29, 1.82) is 0 Å². The number of aromatic nitrogens is 3. The minimum atomic E-state index is 0.178. The van der Waals surface area contributed by atoms with Gasteiger partial charge in [0.25, 0.3) is 6.01 Å². The molecule has 2 fully saturated rings. The second kappa shape index (κ2) is 7.18. The molecule has 31 heavy (non-hydrogen) atoms. The number of benzene rings is 1. The first-order valence-corrected chi connectivity index (χ1v) is 10.7. The lowest BCUT2D eigenvalue weighted by Gasteiger charge is -2.48. The molecular formula is C23H25N7O. The summed E-state index contributed by atoms with van der Waals surface area (Å²) in [5.41, 5.74) is 11.9. The molecule has 8 heteroatoms. The van der Waals surface area contributed by atoms with E-state index in [9.17, 15) is 0 Å². The Morgan fingerprint density at radius 1 is 0.935 bits per heavy atom. The van der Waals surface area contributed by atoms with Crippen molar-refractivity contribution >= 4 is 33.8 Å². The van der Waals surface area contributed by atoms with Crippen molar-refractivity contribution < 1.29 is 4.42 Å². The van der Waals surface area contributed by atoms with Crippen LogP contribution in [0, 0.1) is 0 Å². The third-order valence-electron chi connectivity index (χ3n) is 6.50. The van der Waals surface area contributed by atoms with E-state index in [1.54, 1.807) is 0 Å². The van der Waals surface area contributed by atoms with E-state index in [0.717, 1.165) is 72.8 Å². The maximum atomic E-state index is 5.67. The quantitative estimate of drug-likeness (QED) is 0.546. The molecule has 0 amide bonds. The zero-order valence-electron chi connectivity index (χ0n) is 17.5. The molecule has 0 spiro atoms. The molecule has 2 saturated heterocycles. The minimum Gasteiger partial charge on any atom is -0.424 e. The van der Waals surface area contributed by atoms with Crippen LogP contribution in [-0.4, -0.2) is 77.1 Å². The van der Waals surface area contributed by atoms with E-state index in [1.807, 2.05) is 36.5 Å². The highest BCUT2D eigenvalue weighted by atomic mass is 16.4. The number of hydrogen-bond acceptors (Lipinski definition) is 8. The predicted molar refractivity (Wildman–Crippen MR) is 122 cm³/mol. The fourth-order valence-corrected chi connectivity index (χ4v) is 4.52. The third kappa shape index (κ3) is 3.37. The van der Waals surface area contributed by atoms with Crippen LogP contribution in [0.2, 0.25) is 0 Å². The summed E-state index contributed by atoms with van der Waals surface area (Å²) >= 11 is 0. The molecule has 0 radical (unpaired) electrons. The average molecular weight is 416 g/mol. The van der Waals surface area contributed by atoms with Crippen LogP contribution in [0.3, 0.4) is 0 Å². The molecule has 1 aromatic carbocycles. The summed E-state index contributed by atoms with van der Waals surface area (Å²) in [7, 11) is 2.20. The van der Waals surface area contributed by atoms with Gasteiger partial charge in [0.15, 0.2) is 5.58 Å². The number of nitrogens with two attached hydrogens (primary N) is 1. The zero-order valence-corrected chi connectivity index (χ0v) is 17.5. The Balaban J connectivity index is 1.23. The summed E-state index contributed by atoms with van der Waals surface area (Å²) in [5.74, 6) is 0. The van der Waals surface area contributed by atoms with Crippen molar-refractivity contribution in [3.8, 4) is 11.3 Å². The van der Waals surface area contributed by atoms with Crippen LogP contribution < -0.4 is 10.6 Å². The molecule has 2 aliphatic heterocycles. The van der Waals surface area contributed by atoms with Gasteiger partial charge >= 0.3 is 0 Å². The van der Waals surface area contributed by atoms with E-state index >= 15 is 0 Å². The fraction of sp³-hybridized carbons (Fsp3) is 0.348. The second-order valence-corrected chi connectivity index (χ2v) is 8.56. The number of piperazine rings is 1. The van der Waals surface area contributed by atoms with Crippen molar-refractivity contribution in [2.24, 2.45) is 0 Å². The van der Waals surface area contributed by atoms with Gasteiger partial charge in [-0.05, 0) is 43.4 Å². The first-order valence-electron chi connectivity index (χ1n) is 10.7. The molecule has 0 bridgehead atoms. The molecule has 0 saturated carbocycles. The Morgan fingerprint density at radius 3 is 2.61 bits per heavy atom. The van der Waals surface area contributed by atoms with E-state index in [4.69, 9.17) is 15.1 Å². The van der Waals surface area contributed by atoms with Gasteiger partial charge < -0.3 is 20.0 Å². The number of nitrogen functional groups attached to an aromatic ring is 1. The normalized spacial score (nSPS) is 18.7. The maximum absolute atomic E-state index is 5.67. The molecule has 2 aliphatic rings. The lowest BCUT2D eigenvalue weighted by atomic mass is 10.0. The number of fused-ring (bicyclic) bond motifs is 2. The minimum absolute atomic E-state index is 0.178. The maximum Gasteiger partial charge on any atom is 0.292 e. The van der Waals surface area contributed by atoms with Gasteiger partial charge in [-0.2, -0.15) is 4.98 Å². The highest BCUT2D eigenvalue weighted by molar-refractivity contribution is 5.84. The zero-order chi connectivity index (χ0) is 20.9. The van der Waals surface area contributed by atoms with Crippen molar-refractivity contribution in [2.75, 3.05) is 56.9 Å². The summed E-state index contributed by atoms with van der Waals surface area (Å²) in [4.78, 5) is 21.2. The smallest absolute Gasteiger partial charge is 0.292 e. The average Bonchev–Trinajstić information content (AvgIpc) is 3.12. The van der Waals surface area contributed by atoms with Crippen LogP contribution in [-0.2, 0) is 0 Å². The van der Waals surface area contributed by atoms with Crippen LogP contribution in [0.1, 0.15) is 0 Å². The van der Waals surface area contributed by atoms with Gasteiger partial charge in [0, 0.05) is 50.9 Å². The van der Waals surface area contributed by atoms with Crippen molar-refractivity contribution in [3.63, 3.8) is 0 Å². The molecule has 4 aromatic rings. The fourth-order valence-electron chi connectivity index (χ4n) is 4.52. The van der Waals surface area contributed by atoms with Crippen LogP contribution in [0.4, 0.5) is 11.7 Å². The largest absolute Gasteiger partial charge is 0.424 e. The van der Waals surface area contributed by atoms with Gasteiger partial charge in [-0.1, -0.05) is 0 Å². The Labute approximate surface area is 180 Å². The number of likely N-dealkylation sites (N-methyl/N-ethyl adjacent to an activating group) is 1. The summed E-state index contributed by atoms with van der Waals surface area (Å²) in [6, 6.07) is 12.8. The topological polar surface area (TPSA) is 87.5 Å². The third-order valence-corrected chi connectivity index (χ3v) is 6.50. The van der Waals surface area contributed by atoms with Gasteiger partial charge in [-0.25, -0.2) is 4.98 Å². The van der Waals surface area contributed by atoms with Gasteiger partial charge in [-0.15, -0.1) is 0 Å². The van der Waals surface area contributed by atoms with Crippen molar-refractivity contribution in [1.82, 2.24) is 24.8 Å². The highest BCUT2D eigenvalue weighted by Gasteiger charge is 2.33. The van der Waals surface area contributed by atoms with Crippen LogP contribution in [0.25, 0.3) is 33.4 Å². The Kier molecular flexibility index (Phi) is 4.29. The Morgan fingerprint density at radius 2 is 1.77 bits per heavy atom. The number of nitrogens with zero attached hydrogens (tertiary/aromatic N) is 6. The molecule has 0 aliphatic carbocycles. The van der Waals surface area contributed by atoms with Crippen molar-refractivity contribution in [2.45, 2.75) is 6.04 Å². The van der Waals surface area contributed by atoms with E-state index < -0.39 is 0 Å². The number of anilines is 2. The molecular weight excluding hydrogens is 390 g/mol. The van der Waals surface area contributed by atoms with Crippen LogP contribution in [0.5, 0.6) is 0 Å². The molecule has 2 N–H and O–H groups in total. The molecule has 5 heterocycles. The first-order chi connectivity index (χ1) is 15.1. The van der Waals surface area contributed by atoms with Crippen molar-refractivity contribution in [3.05, 3.63) is 42.6 Å². The molecule has 0 unspecified atom stereocenters. The molecule has 158 valence electrons. The Bertz CT molecular complexity index is 1260. The first kappa shape index (κ1) is 18.5. The second-order valence-electron chi connectivity index (χ2n) is 8.56. The molecule has 6 rings (SSSR count). The summed E-state index contributed by atoms with van der Waals surface area (Å²) in [6.07, 6.45) is 1.97. The van der Waals surface area contributed by atoms with Crippen LogP contribution in [0.15, 0.2) is 47.0 Å². The SMILES string of the molecule is CN1CCN(C2CN(c3cnc4ccc(-c5ccc6oc(N)nc6c5)nc4c3)C2)CC1. The molecule has 8 nitrogen and oxygen atoms in total. The van der Waals surface area contributed by atoms with E-state index in [1.165, 1.54) is 0 Å². The highest BCUT2D eigenvalue weighted by Crippen LogP contribution is 2.29. The van der Waals surface area contributed by atoms with Gasteiger partial charge in [0.1, 0.15) is 5.52 Å². The van der Waals surface area contributed by atoms with Gasteiger partial charge in [0.2, 0.25) is 0 Å². The van der Waals surface area contributed by atoms with Gasteiger partial charge in [-0.3, -0.25) is 9.88 Å². The summed E-state index contributed by atoms with van der Waals surface area (Å²) < 4.78 is 5.37. The predicted octanol–water partition coefficient (Wildman–Crippen LogP) is 2.46. The van der Waals surface area contributed by atoms with E-state index in [-0.39, 0.29) is 6.01 Å². The van der Waals surface area contributed by atoms with Crippen LogP contribution >= 0.6 is 0 Å². The van der Waals surface area contributed by atoms with E-state index in [0.29, 0.717) is 11.6 Å². The summed E-state index contributed by atoms with van der Waals surface area (Å²) in [6.45, 7) is 6.76.